The van der Waals surface area contributed by atoms with Crippen LogP contribution in [0.2, 0.25) is 0 Å². The first-order valence-corrected chi connectivity index (χ1v) is 8.76. The highest BCUT2D eigenvalue weighted by Crippen LogP contribution is 2.13. The van der Waals surface area contributed by atoms with Gasteiger partial charge in [0.2, 0.25) is 0 Å². The van der Waals surface area contributed by atoms with Crippen molar-refractivity contribution in [1.82, 2.24) is 10.2 Å². The molecule has 0 spiro atoms. The molecule has 7 heteroatoms. The zero-order chi connectivity index (χ0) is 15.5. The molecule has 0 radical (unpaired) electrons. The summed E-state index contributed by atoms with van der Waals surface area (Å²) in [4.78, 5) is 24.8. The van der Waals surface area contributed by atoms with Gasteiger partial charge in [-0.1, -0.05) is 30.3 Å². The molecule has 1 atom stereocenters. The zero-order valence-electron chi connectivity index (χ0n) is 11.8. The highest BCUT2D eigenvalue weighted by atomic mass is 32.2. The fraction of sp³-hybridized carbons (Fsp3) is 0.429. The molecular weight excluding hydrogens is 292 g/mol. The molecule has 0 unspecified atom stereocenters. The molecule has 1 aromatic carbocycles. The van der Waals surface area contributed by atoms with Crippen LogP contribution in [0.4, 0.5) is 4.79 Å². The van der Waals surface area contributed by atoms with Crippen LogP contribution < -0.4 is 5.32 Å². The van der Waals surface area contributed by atoms with Gasteiger partial charge in [-0.2, -0.15) is 0 Å². The van der Waals surface area contributed by atoms with E-state index in [2.05, 4.69) is 5.32 Å². The van der Waals surface area contributed by atoms with Gasteiger partial charge >= 0.3 is 6.03 Å². The van der Waals surface area contributed by atoms with Gasteiger partial charge in [0.25, 0.3) is 5.91 Å². The molecule has 0 bridgehead atoms. The molecule has 1 heterocycles. The standard InChI is InChI=1S/C14H18N2O4S/c1-21(19,20)10-9-16-13(17)12(15-14(16)18)8-7-11-5-3-2-4-6-11/h2-6,12H,7-10H2,1H3,(H,15,18)/t12-/m0/s1. The average molecular weight is 310 g/mol. The third-order valence-corrected chi connectivity index (χ3v) is 4.28. The number of carbonyl (C=O) groups excluding carboxylic acids is 2. The zero-order valence-corrected chi connectivity index (χ0v) is 12.6. The van der Waals surface area contributed by atoms with Crippen LogP contribution in [-0.4, -0.2) is 49.9 Å². The normalized spacial score (nSPS) is 18.9. The topological polar surface area (TPSA) is 83.6 Å². The molecule has 1 aliphatic heterocycles. The molecule has 1 fully saturated rings. The van der Waals surface area contributed by atoms with Gasteiger partial charge in [0, 0.05) is 12.8 Å². The van der Waals surface area contributed by atoms with Crippen molar-refractivity contribution in [2.75, 3.05) is 18.6 Å². The van der Waals surface area contributed by atoms with Gasteiger partial charge in [0.15, 0.2) is 0 Å². The Morgan fingerprint density at radius 2 is 1.86 bits per heavy atom. The third-order valence-electron chi connectivity index (χ3n) is 3.36. The maximum Gasteiger partial charge on any atom is 0.324 e. The maximum absolute atomic E-state index is 12.1. The monoisotopic (exact) mass is 310 g/mol. The first-order valence-electron chi connectivity index (χ1n) is 6.70. The Morgan fingerprint density at radius 1 is 1.19 bits per heavy atom. The molecule has 0 saturated carbocycles. The van der Waals surface area contributed by atoms with Crippen LogP contribution >= 0.6 is 0 Å². The van der Waals surface area contributed by atoms with E-state index in [9.17, 15) is 18.0 Å². The van der Waals surface area contributed by atoms with Crippen molar-refractivity contribution in [2.24, 2.45) is 0 Å². The van der Waals surface area contributed by atoms with Crippen molar-refractivity contribution in [3.63, 3.8) is 0 Å². The number of nitrogens with one attached hydrogen (secondary N) is 1. The van der Waals surface area contributed by atoms with Gasteiger partial charge in [-0.05, 0) is 18.4 Å². The second-order valence-corrected chi connectivity index (χ2v) is 7.41. The number of amides is 3. The summed E-state index contributed by atoms with van der Waals surface area (Å²) in [6.45, 7) is -0.0919. The number of sulfone groups is 1. The minimum Gasteiger partial charge on any atom is -0.326 e. The fourth-order valence-electron chi connectivity index (χ4n) is 2.20. The predicted molar refractivity (Wildman–Crippen MR) is 78.5 cm³/mol. The largest absolute Gasteiger partial charge is 0.326 e. The van der Waals surface area contributed by atoms with E-state index in [1.54, 1.807) is 0 Å². The molecule has 3 amide bonds. The average Bonchev–Trinajstić information content (AvgIpc) is 2.69. The molecule has 1 aliphatic rings. The van der Waals surface area contributed by atoms with Crippen LogP contribution in [-0.2, 0) is 21.1 Å². The van der Waals surface area contributed by atoms with Crippen LogP contribution in [0, 0.1) is 0 Å². The fourth-order valence-corrected chi connectivity index (χ4v) is 2.71. The van der Waals surface area contributed by atoms with Crippen LogP contribution in [0.1, 0.15) is 12.0 Å². The van der Waals surface area contributed by atoms with E-state index in [0.717, 1.165) is 16.7 Å². The van der Waals surface area contributed by atoms with Crippen molar-refractivity contribution >= 4 is 21.8 Å². The van der Waals surface area contributed by atoms with E-state index in [4.69, 9.17) is 0 Å². The van der Waals surface area contributed by atoms with Gasteiger partial charge in [-0.25, -0.2) is 13.2 Å². The summed E-state index contributed by atoms with van der Waals surface area (Å²) in [5, 5.41) is 2.60. The molecule has 1 saturated heterocycles. The summed E-state index contributed by atoms with van der Waals surface area (Å²) in [7, 11) is -3.21. The lowest BCUT2D eigenvalue weighted by Gasteiger charge is -2.12. The first kappa shape index (κ1) is 15.5. The molecule has 1 N–H and O–H groups in total. The second-order valence-electron chi connectivity index (χ2n) is 5.15. The second kappa shape index (κ2) is 6.26. The van der Waals surface area contributed by atoms with Gasteiger partial charge in [-0.3, -0.25) is 9.69 Å². The summed E-state index contributed by atoms with van der Waals surface area (Å²) in [5.41, 5.74) is 1.09. The van der Waals surface area contributed by atoms with E-state index >= 15 is 0 Å². The molecule has 114 valence electrons. The lowest BCUT2D eigenvalue weighted by Crippen LogP contribution is -2.35. The molecule has 0 aromatic heterocycles. The number of benzene rings is 1. The summed E-state index contributed by atoms with van der Waals surface area (Å²) < 4.78 is 22.2. The highest BCUT2D eigenvalue weighted by molar-refractivity contribution is 7.90. The predicted octanol–water partition coefficient (Wildman–Crippen LogP) is 0.584. The summed E-state index contributed by atoms with van der Waals surface area (Å²) in [6.07, 6.45) is 2.26. The Hall–Kier alpha value is -1.89. The van der Waals surface area contributed by atoms with Crippen molar-refractivity contribution in [2.45, 2.75) is 18.9 Å². The van der Waals surface area contributed by atoms with Gasteiger partial charge < -0.3 is 5.32 Å². The smallest absolute Gasteiger partial charge is 0.324 e. The van der Waals surface area contributed by atoms with E-state index < -0.39 is 21.9 Å². The Kier molecular flexibility index (Phi) is 4.62. The van der Waals surface area contributed by atoms with Crippen LogP contribution in [0.15, 0.2) is 30.3 Å². The van der Waals surface area contributed by atoms with Gasteiger partial charge in [0.05, 0.1) is 5.75 Å². The molecule has 1 aromatic rings. The molecule has 0 aliphatic carbocycles. The highest BCUT2D eigenvalue weighted by Gasteiger charge is 2.37. The number of imide groups is 1. The molecule has 2 rings (SSSR count). The lowest BCUT2D eigenvalue weighted by molar-refractivity contribution is -0.127. The van der Waals surface area contributed by atoms with Crippen molar-refractivity contribution < 1.29 is 18.0 Å². The van der Waals surface area contributed by atoms with Crippen molar-refractivity contribution in [1.29, 1.82) is 0 Å². The van der Waals surface area contributed by atoms with Crippen molar-refractivity contribution in [3.8, 4) is 0 Å². The number of hydrogen-bond acceptors (Lipinski definition) is 4. The maximum atomic E-state index is 12.1. The quantitative estimate of drug-likeness (QED) is 0.779. The summed E-state index contributed by atoms with van der Waals surface area (Å²) in [5.74, 6) is -0.558. The number of carbonyl (C=O) groups is 2. The SMILES string of the molecule is CS(=O)(=O)CCN1C(=O)N[C@@H](CCc2ccccc2)C1=O. The van der Waals surface area contributed by atoms with Gasteiger partial charge in [-0.15, -0.1) is 0 Å². The van der Waals surface area contributed by atoms with E-state index in [-0.39, 0.29) is 18.2 Å². The lowest BCUT2D eigenvalue weighted by atomic mass is 10.1. The number of aryl methyl sites for hydroxylation is 1. The molecule has 6 nitrogen and oxygen atoms in total. The van der Waals surface area contributed by atoms with Crippen LogP contribution in [0.3, 0.4) is 0 Å². The Balaban J connectivity index is 1.92. The van der Waals surface area contributed by atoms with E-state index in [0.29, 0.717) is 12.8 Å². The number of urea groups is 1. The van der Waals surface area contributed by atoms with Gasteiger partial charge in [0.1, 0.15) is 15.9 Å². The van der Waals surface area contributed by atoms with E-state index in [1.165, 1.54) is 0 Å². The minimum atomic E-state index is -3.21. The Morgan fingerprint density at radius 3 is 2.48 bits per heavy atom. The summed E-state index contributed by atoms with van der Waals surface area (Å²) in [6, 6.07) is 8.59. The number of hydrogen-bond donors (Lipinski definition) is 1. The molecule has 21 heavy (non-hydrogen) atoms. The number of nitrogens with zero attached hydrogens (tertiary/aromatic N) is 1. The minimum absolute atomic E-state index is 0.0919. The Bertz CT molecular complexity index is 628. The Labute approximate surface area is 124 Å². The first-order chi connectivity index (χ1) is 9.87. The molecular formula is C14H18N2O4S. The third kappa shape index (κ3) is 4.29. The van der Waals surface area contributed by atoms with Crippen LogP contribution in [0.5, 0.6) is 0 Å². The van der Waals surface area contributed by atoms with E-state index in [1.807, 2.05) is 30.3 Å². The summed E-state index contributed by atoms with van der Waals surface area (Å²) >= 11 is 0. The van der Waals surface area contributed by atoms with Crippen LogP contribution in [0.25, 0.3) is 0 Å². The van der Waals surface area contributed by atoms with Crippen molar-refractivity contribution in [3.05, 3.63) is 35.9 Å². The number of rotatable bonds is 6.